The summed E-state index contributed by atoms with van der Waals surface area (Å²) in [6.45, 7) is 1.97. The average molecular weight is 300 g/mol. The van der Waals surface area contributed by atoms with Gasteiger partial charge in [0, 0.05) is 23.5 Å². The summed E-state index contributed by atoms with van der Waals surface area (Å²) in [6.07, 6.45) is 7.38. The molecule has 2 atom stereocenters. The van der Waals surface area contributed by atoms with Crippen LogP contribution < -0.4 is 11.1 Å². The summed E-state index contributed by atoms with van der Waals surface area (Å²) in [7, 11) is 0. The van der Waals surface area contributed by atoms with Gasteiger partial charge in [0.1, 0.15) is 6.17 Å². The van der Waals surface area contributed by atoms with E-state index in [9.17, 15) is 4.79 Å². The number of carbonyl (C=O) groups is 1. The molecule has 1 saturated carbocycles. The average Bonchev–Trinajstić information content (AvgIpc) is 2.93. The van der Waals surface area contributed by atoms with Crippen LogP contribution >= 0.6 is 0 Å². The maximum Gasteiger partial charge on any atom is 0.232 e. The van der Waals surface area contributed by atoms with Crippen LogP contribution in [0, 0.1) is 0 Å². The number of aliphatic imine (C=N–C) groups is 1. The first-order valence-electron chi connectivity index (χ1n) is 7.76. The van der Waals surface area contributed by atoms with Crippen LogP contribution in [0.15, 0.2) is 28.7 Å². The van der Waals surface area contributed by atoms with E-state index in [4.69, 9.17) is 5.73 Å². The van der Waals surface area contributed by atoms with Crippen molar-refractivity contribution in [3.05, 3.63) is 29.2 Å². The predicted octanol–water partition coefficient (Wildman–Crippen LogP) is 0.796. The zero-order valence-corrected chi connectivity index (χ0v) is 12.5. The van der Waals surface area contributed by atoms with Gasteiger partial charge >= 0.3 is 0 Å². The molecule has 2 unspecified atom stereocenters. The summed E-state index contributed by atoms with van der Waals surface area (Å²) in [6, 6.07) is 0.299. The number of nitrogens with one attached hydrogen (secondary N) is 2. The fourth-order valence-electron chi connectivity index (χ4n) is 3.59. The quantitative estimate of drug-likeness (QED) is 0.752. The van der Waals surface area contributed by atoms with Gasteiger partial charge in [-0.15, -0.1) is 0 Å². The van der Waals surface area contributed by atoms with Crippen molar-refractivity contribution >= 4 is 11.9 Å². The number of nitrogens with zero attached hydrogens (tertiary/aromatic N) is 3. The lowest BCUT2D eigenvalue weighted by Crippen LogP contribution is -2.63. The number of nitrogens with two attached hydrogens (primary N) is 1. The molecule has 0 spiro atoms. The highest BCUT2D eigenvalue weighted by Gasteiger charge is 2.45. The Labute approximate surface area is 128 Å². The largest absolute Gasteiger partial charge is 0.370 e. The molecule has 2 fully saturated rings. The van der Waals surface area contributed by atoms with E-state index >= 15 is 0 Å². The van der Waals surface area contributed by atoms with Crippen LogP contribution in [-0.4, -0.2) is 39.2 Å². The Morgan fingerprint density at radius 3 is 2.86 bits per heavy atom. The van der Waals surface area contributed by atoms with Crippen LogP contribution in [0.2, 0.25) is 0 Å². The van der Waals surface area contributed by atoms with Gasteiger partial charge in [0.05, 0.1) is 12.1 Å². The molecule has 22 heavy (non-hydrogen) atoms. The maximum absolute atomic E-state index is 13.1. The summed E-state index contributed by atoms with van der Waals surface area (Å²) in [5.74, 6) is 0.372. The van der Waals surface area contributed by atoms with Crippen LogP contribution in [0.25, 0.3) is 0 Å². The van der Waals surface area contributed by atoms with E-state index in [0.717, 1.165) is 29.7 Å². The molecular weight excluding hydrogens is 280 g/mol. The van der Waals surface area contributed by atoms with Gasteiger partial charge in [0.15, 0.2) is 5.96 Å². The topological polar surface area (TPSA) is 99.4 Å². The Kier molecular flexibility index (Phi) is 2.95. The van der Waals surface area contributed by atoms with Crippen LogP contribution in [0.5, 0.6) is 0 Å². The zero-order chi connectivity index (χ0) is 15.3. The number of piperidine rings is 1. The number of aromatic amines is 1. The number of allylic oxidation sites excluding steroid dienone is 1. The van der Waals surface area contributed by atoms with Crippen molar-refractivity contribution in [2.45, 2.75) is 50.7 Å². The fourth-order valence-corrected chi connectivity index (χ4v) is 3.59. The lowest BCUT2D eigenvalue weighted by Gasteiger charge is -2.49. The number of likely N-dealkylation sites (tertiary alicyclic amines) is 1. The SMILES string of the molecule is CC1=C2CC(c3cn[nH]c3)C(=O)N(C3CCC3)C2NC(N)=N1. The summed E-state index contributed by atoms with van der Waals surface area (Å²) >= 11 is 0. The molecule has 7 nitrogen and oxygen atoms in total. The molecule has 0 radical (unpaired) electrons. The summed E-state index contributed by atoms with van der Waals surface area (Å²) in [5.41, 5.74) is 8.90. The van der Waals surface area contributed by atoms with E-state index < -0.39 is 0 Å². The second kappa shape index (κ2) is 4.86. The first kappa shape index (κ1) is 13.4. The Bertz CT molecular complexity index is 658. The normalized spacial score (nSPS) is 28.9. The molecule has 3 aliphatic rings. The molecule has 1 aromatic rings. The van der Waals surface area contributed by atoms with Gasteiger partial charge in [-0.3, -0.25) is 9.89 Å². The van der Waals surface area contributed by atoms with Gasteiger partial charge in [-0.25, -0.2) is 4.99 Å². The fraction of sp³-hybridized carbons (Fsp3) is 0.533. The van der Waals surface area contributed by atoms with E-state index in [1.165, 1.54) is 6.42 Å². The van der Waals surface area contributed by atoms with Crippen molar-refractivity contribution in [2.75, 3.05) is 0 Å². The number of fused-ring (bicyclic) bond motifs is 1. The minimum absolute atomic E-state index is 0.140. The van der Waals surface area contributed by atoms with Crippen molar-refractivity contribution in [3.8, 4) is 0 Å². The highest BCUT2D eigenvalue weighted by Crippen LogP contribution is 2.40. The molecule has 4 N–H and O–H groups in total. The minimum Gasteiger partial charge on any atom is -0.370 e. The Hall–Kier alpha value is -2.31. The Morgan fingerprint density at radius 2 is 2.23 bits per heavy atom. The van der Waals surface area contributed by atoms with Crippen LogP contribution in [0.4, 0.5) is 0 Å². The molecule has 0 aromatic carbocycles. The second-order valence-corrected chi connectivity index (χ2v) is 6.27. The van der Waals surface area contributed by atoms with Gasteiger partial charge < -0.3 is 16.0 Å². The number of guanidine groups is 1. The Morgan fingerprint density at radius 1 is 1.41 bits per heavy atom. The third-order valence-corrected chi connectivity index (χ3v) is 5.01. The monoisotopic (exact) mass is 300 g/mol. The summed E-state index contributed by atoms with van der Waals surface area (Å²) < 4.78 is 0. The first-order chi connectivity index (χ1) is 10.6. The highest BCUT2D eigenvalue weighted by atomic mass is 16.2. The molecule has 3 heterocycles. The highest BCUT2D eigenvalue weighted by molar-refractivity contribution is 5.89. The van der Waals surface area contributed by atoms with Crippen molar-refractivity contribution < 1.29 is 4.79 Å². The number of H-pyrrole nitrogens is 1. The van der Waals surface area contributed by atoms with Crippen LogP contribution in [-0.2, 0) is 4.79 Å². The van der Waals surface area contributed by atoms with E-state index in [-0.39, 0.29) is 18.0 Å². The van der Waals surface area contributed by atoms with Gasteiger partial charge in [-0.2, -0.15) is 5.10 Å². The molecule has 0 bridgehead atoms. The van der Waals surface area contributed by atoms with E-state index in [2.05, 4.69) is 20.5 Å². The second-order valence-electron chi connectivity index (χ2n) is 6.27. The number of rotatable bonds is 2. The standard InChI is InChI=1S/C15H20N6O/c1-8-11-5-12(9-6-17-18-7-9)14(22)21(10-3-2-4-10)13(11)20-15(16)19-8/h6-7,10,12-13H,2-5H2,1H3,(H,17,18)(H3,16,19,20). The molecular formula is C15H20N6O. The number of aromatic nitrogens is 2. The molecule has 1 aliphatic carbocycles. The van der Waals surface area contributed by atoms with Gasteiger partial charge in [-0.05, 0) is 38.2 Å². The number of carbonyl (C=O) groups excluding carboxylic acids is 1. The number of hydrogen-bond donors (Lipinski definition) is 3. The maximum atomic E-state index is 13.1. The first-order valence-corrected chi connectivity index (χ1v) is 7.76. The molecule has 4 rings (SSSR count). The van der Waals surface area contributed by atoms with E-state index in [1.807, 2.05) is 18.0 Å². The lowest BCUT2D eigenvalue weighted by atomic mass is 9.81. The predicted molar refractivity (Wildman–Crippen MR) is 81.7 cm³/mol. The minimum atomic E-state index is -0.183. The van der Waals surface area contributed by atoms with Crippen molar-refractivity contribution in [1.29, 1.82) is 0 Å². The molecule has 2 aliphatic heterocycles. The summed E-state index contributed by atoms with van der Waals surface area (Å²) in [4.78, 5) is 19.4. The zero-order valence-electron chi connectivity index (χ0n) is 12.5. The third kappa shape index (κ3) is 1.92. The molecule has 1 aromatic heterocycles. The van der Waals surface area contributed by atoms with E-state index in [1.54, 1.807) is 6.20 Å². The molecule has 116 valence electrons. The lowest BCUT2D eigenvalue weighted by molar-refractivity contribution is -0.141. The van der Waals surface area contributed by atoms with E-state index in [0.29, 0.717) is 18.4 Å². The third-order valence-electron chi connectivity index (χ3n) is 5.01. The smallest absolute Gasteiger partial charge is 0.232 e. The molecule has 1 amide bonds. The van der Waals surface area contributed by atoms with Crippen molar-refractivity contribution in [3.63, 3.8) is 0 Å². The molecule has 1 saturated heterocycles. The van der Waals surface area contributed by atoms with Crippen molar-refractivity contribution in [2.24, 2.45) is 10.7 Å². The van der Waals surface area contributed by atoms with Crippen LogP contribution in [0.3, 0.4) is 0 Å². The van der Waals surface area contributed by atoms with Gasteiger partial charge in [-0.1, -0.05) is 0 Å². The van der Waals surface area contributed by atoms with Crippen LogP contribution in [0.1, 0.15) is 44.1 Å². The van der Waals surface area contributed by atoms with Gasteiger partial charge in [0.2, 0.25) is 5.91 Å². The van der Waals surface area contributed by atoms with Gasteiger partial charge in [0.25, 0.3) is 0 Å². The number of amides is 1. The molecule has 7 heteroatoms. The van der Waals surface area contributed by atoms with Crippen molar-refractivity contribution in [1.82, 2.24) is 20.4 Å². The Balaban J connectivity index is 1.76. The summed E-state index contributed by atoms with van der Waals surface area (Å²) in [5, 5.41) is 10.0. The number of hydrogen-bond acceptors (Lipinski definition) is 5.